The number of morpholine rings is 1. The zero-order valence-electron chi connectivity index (χ0n) is 29.4. The third kappa shape index (κ3) is 9.69. The number of rotatable bonds is 9. The van der Waals surface area contributed by atoms with E-state index in [4.69, 9.17) is 26.8 Å². The molecule has 2 saturated heterocycles. The summed E-state index contributed by atoms with van der Waals surface area (Å²) < 4.78 is 56.6. The molecule has 0 aliphatic carbocycles. The Morgan fingerprint density at radius 1 is 0.980 bits per heavy atom. The number of carbonyl (C=O) groups is 3. The molecule has 274 valence electrons. The molecule has 5 rings (SSSR count). The molecule has 3 aromatic rings. The number of ketones is 1. The van der Waals surface area contributed by atoms with Gasteiger partial charge in [0.25, 0.3) is 0 Å². The zero-order valence-corrected chi connectivity index (χ0v) is 30.2. The summed E-state index contributed by atoms with van der Waals surface area (Å²) in [5, 5.41) is 0.441. The first kappa shape index (κ1) is 38.3. The Labute approximate surface area is 302 Å². The predicted octanol–water partition coefficient (Wildman–Crippen LogP) is 6.98. The minimum absolute atomic E-state index is 0.0230. The molecule has 2 N–H and O–H groups in total. The van der Waals surface area contributed by atoms with Crippen LogP contribution in [0.1, 0.15) is 75.1 Å². The summed E-state index contributed by atoms with van der Waals surface area (Å²) in [6, 6.07) is 12.8. The van der Waals surface area contributed by atoms with Crippen molar-refractivity contribution < 1.29 is 37.0 Å². The smallest absolute Gasteiger partial charge is 0.410 e. The molecule has 3 atom stereocenters. The molecule has 12 heteroatoms. The fourth-order valence-corrected chi connectivity index (χ4v) is 7.21. The summed E-state index contributed by atoms with van der Waals surface area (Å²) in [6.07, 6.45) is 0.426. The molecule has 8 nitrogen and oxygen atoms in total. The molecule has 2 aliphatic heterocycles. The van der Waals surface area contributed by atoms with E-state index in [0.717, 1.165) is 18.2 Å². The van der Waals surface area contributed by atoms with Gasteiger partial charge in [0.15, 0.2) is 5.78 Å². The highest BCUT2D eigenvalue weighted by Gasteiger charge is 2.45. The van der Waals surface area contributed by atoms with E-state index >= 15 is 4.39 Å². The standard InChI is InChI=1S/C39H45ClF3N3O5/c1-24(47)45-16-14-39(15-17-45)23-46(37(49)51-38(2,3)4)22-31(50-39)12-13-32-26(6-5-7-33(32)43)20-34(48)36(44)35(25-8-10-28(40)11-9-25)27-18-29(41)21-30(42)19-27/h5-11,18-19,21,31,35-36H,12-17,20,22-23,44H2,1-4H3/t31-,35+,36-/m1/s1. The van der Waals surface area contributed by atoms with Crippen molar-refractivity contribution in [2.24, 2.45) is 5.73 Å². The van der Waals surface area contributed by atoms with E-state index in [1.807, 2.05) is 0 Å². The first-order valence-corrected chi connectivity index (χ1v) is 17.6. The topological polar surface area (TPSA) is 102 Å². The molecule has 0 radical (unpaired) electrons. The van der Waals surface area contributed by atoms with Crippen LogP contribution in [0.2, 0.25) is 5.02 Å². The molecule has 1 spiro atoms. The Morgan fingerprint density at radius 2 is 1.63 bits per heavy atom. The second-order valence-electron chi connectivity index (χ2n) is 14.6. The number of nitrogens with two attached hydrogens (primary N) is 1. The maximum atomic E-state index is 15.5. The van der Waals surface area contributed by atoms with Crippen molar-refractivity contribution in [3.8, 4) is 0 Å². The van der Waals surface area contributed by atoms with Crippen LogP contribution in [0.3, 0.4) is 0 Å². The number of piperidine rings is 1. The van der Waals surface area contributed by atoms with E-state index < -0.39 is 58.6 Å². The van der Waals surface area contributed by atoms with Gasteiger partial charge in [-0.2, -0.15) is 0 Å². The number of carbonyl (C=O) groups excluding carboxylic acids is 3. The van der Waals surface area contributed by atoms with Crippen LogP contribution in [0, 0.1) is 17.5 Å². The van der Waals surface area contributed by atoms with Crippen LogP contribution in [-0.4, -0.2) is 77.1 Å². The summed E-state index contributed by atoms with van der Waals surface area (Å²) in [6.45, 7) is 8.44. The van der Waals surface area contributed by atoms with Gasteiger partial charge in [0.2, 0.25) is 5.91 Å². The highest BCUT2D eigenvalue weighted by atomic mass is 35.5. The lowest BCUT2D eigenvalue weighted by molar-refractivity contribution is -0.176. The van der Waals surface area contributed by atoms with E-state index in [2.05, 4.69) is 0 Å². The summed E-state index contributed by atoms with van der Waals surface area (Å²) >= 11 is 6.09. The van der Waals surface area contributed by atoms with Crippen molar-refractivity contribution >= 4 is 29.4 Å². The van der Waals surface area contributed by atoms with Gasteiger partial charge in [0, 0.05) is 43.4 Å². The number of hydrogen-bond acceptors (Lipinski definition) is 6. The number of Topliss-reactive ketones (excluding diaryl/α,β-unsaturated/α-hetero) is 1. The minimum atomic E-state index is -1.23. The molecule has 0 saturated carbocycles. The SMILES string of the molecule is CC(=O)N1CCC2(CC1)CN(C(=O)OC(C)(C)C)C[C@@H](CCc1c(F)cccc1CC(=O)[C@@H](N)[C@@H](c1ccc(Cl)cc1)c1cc(F)cc(F)c1)O2. The summed E-state index contributed by atoms with van der Waals surface area (Å²) in [5.41, 5.74) is 6.64. The van der Waals surface area contributed by atoms with Crippen LogP contribution in [0.15, 0.2) is 60.7 Å². The first-order valence-electron chi connectivity index (χ1n) is 17.2. The van der Waals surface area contributed by atoms with Gasteiger partial charge in [0.1, 0.15) is 23.1 Å². The Morgan fingerprint density at radius 3 is 2.24 bits per heavy atom. The Bertz CT molecular complexity index is 1720. The van der Waals surface area contributed by atoms with Gasteiger partial charge < -0.3 is 25.0 Å². The molecular formula is C39H45ClF3N3O5. The molecule has 2 amide bonds. The second kappa shape index (κ2) is 15.8. The number of hydrogen-bond donors (Lipinski definition) is 1. The fourth-order valence-electron chi connectivity index (χ4n) is 7.08. The number of amides is 2. The van der Waals surface area contributed by atoms with E-state index in [-0.39, 0.29) is 30.9 Å². The maximum Gasteiger partial charge on any atom is 0.410 e. The summed E-state index contributed by atoms with van der Waals surface area (Å²) in [5.74, 6) is -3.50. The van der Waals surface area contributed by atoms with E-state index in [0.29, 0.717) is 60.6 Å². The average molecular weight is 728 g/mol. The van der Waals surface area contributed by atoms with Crippen LogP contribution >= 0.6 is 11.6 Å². The molecule has 3 aromatic carbocycles. The molecule has 2 fully saturated rings. The molecule has 51 heavy (non-hydrogen) atoms. The second-order valence-corrected chi connectivity index (χ2v) is 15.0. The largest absolute Gasteiger partial charge is 0.444 e. The van der Waals surface area contributed by atoms with Crippen LogP contribution < -0.4 is 5.73 Å². The van der Waals surface area contributed by atoms with Crippen molar-refractivity contribution in [1.82, 2.24) is 9.80 Å². The molecule has 0 unspecified atom stereocenters. The Balaban J connectivity index is 1.36. The first-order chi connectivity index (χ1) is 24.0. The summed E-state index contributed by atoms with van der Waals surface area (Å²) in [7, 11) is 0. The third-order valence-corrected chi connectivity index (χ3v) is 9.84. The third-order valence-electron chi connectivity index (χ3n) is 9.59. The van der Waals surface area contributed by atoms with Crippen LogP contribution in [0.4, 0.5) is 18.0 Å². The van der Waals surface area contributed by atoms with E-state index in [1.165, 1.54) is 19.1 Å². The maximum absolute atomic E-state index is 15.5. The van der Waals surface area contributed by atoms with Gasteiger partial charge in [-0.05, 0) is 99.0 Å². The van der Waals surface area contributed by atoms with Gasteiger partial charge in [-0.25, -0.2) is 18.0 Å². The molecule has 2 heterocycles. The highest BCUT2D eigenvalue weighted by Crippen LogP contribution is 2.35. The Kier molecular flexibility index (Phi) is 11.8. The van der Waals surface area contributed by atoms with Crippen molar-refractivity contribution in [2.75, 3.05) is 26.2 Å². The average Bonchev–Trinajstić information content (AvgIpc) is 3.04. The van der Waals surface area contributed by atoms with Gasteiger partial charge >= 0.3 is 6.09 Å². The van der Waals surface area contributed by atoms with Crippen LogP contribution in [0.25, 0.3) is 0 Å². The number of ether oxygens (including phenoxy) is 2. The van der Waals surface area contributed by atoms with Gasteiger partial charge in [0.05, 0.1) is 30.8 Å². The normalized spacial score (nSPS) is 18.7. The zero-order chi connectivity index (χ0) is 37.1. The molecular weight excluding hydrogens is 683 g/mol. The van der Waals surface area contributed by atoms with Crippen molar-refractivity contribution in [2.45, 2.75) is 89.1 Å². The quantitative estimate of drug-likeness (QED) is 0.255. The summed E-state index contributed by atoms with van der Waals surface area (Å²) in [4.78, 5) is 42.5. The Hall–Kier alpha value is -3.93. The van der Waals surface area contributed by atoms with Crippen molar-refractivity contribution in [3.05, 3.63) is 105 Å². The van der Waals surface area contributed by atoms with Gasteiger partial charge in [-0.15, -0.1) is 0 Å². The predicted molar refractivity (Wildman–Crippen MR) is 188 cm³/mol. The van der Waals surface area contributed by atoms with Gasteiger partial charge in [-0.1, -0.05) is 35.9 Å². The van der Waals surface area contributed by atoms with E-state index in [9.17, 15) is 23.2 Å². The lowest BCUT2D eigenvalue weighted by Crippen LogP contribution is -2.61. The van der Waals surface area contributed by atoms with Crippen molar-refractivity contribution in [3.63, 3.8) is 0 Å². The molecule has 0 aromatic heterocycles. The number of nitrogens with zero attached hydrogens (tertiary/aromatic N) is 2. The van der Waals surface area contributed by atoms with Gasteiger partial charge in [-0.3, -0.25) is 9.59 Å². The number of likely N-dealkylation sites (tertiary alicyclic amines) is 1. The lowest BCUT2D eigenvalue weighted by atomic mass is 9.82. The monoisotopic (exact) mass is 727 g/mol. The number of halogens is 4. The highest BCUT2D eigenvalue weighted by molar-refractivity contribution is 6.30. The molecule has 0 bridgehead atoms. The van der Waals surface area contributed by atoms with Crippen molar-refractivity contribution in [1.29, 1.82) is 0 Å². The number of benzene rings is 3. The lowest BCUT2D eigenvalue weighted by Gasteiger charge is -2.50. The minimum Gasteiger partial charge on any atom is -0.444 e. The molecule has 2 aliphatic rings. The fraction of sp³-hybridized carbons (Fsp3) is 0.462. The van der Waals surface area contributed by atoms with Crippen LogP contribution in [0.5, 0.6) is 0 Å². The van der Waals surface area contributed by atoms with Crippen LogP contribution in [-0.2, 0) is 31.9 Å². The van der Waals surface area contributed by atoms with E-state index in [1.54, 1.807) is 60.9 Å².